The highest BCUT2D eigenvalue weighted by Gasteiger charge is 2.38. The molecule has 8 nitrogen and oxygen atoms in total. The van der Waals surface area contributed by atoms with Gasteiger partial charge in [-0.05, 0) is 42.5 Å². The summed E-state index contributed by atoms with van der Waals surface area (Å²) in [5, 5.41) is 8.09. The van der Waals surface area contributed by atoms with E-state index in [4.69, 9.17) is 8.83 Å². The maximum atomic E-state index is 13.4. The summed E-state index contributed by atoms with van der Waals surface area (Å²) < 4.78 is 11.0. The Morgan fingerprint density at radius 1 is 1.21 bits per heavy atom. The number of carbonyl (C=O) groups is 2. The van der Waals surface area contributed by atoms with Crippen molar-refractivity contribution in [3.63, 3.8) is 0 Å². The maximum absolute atomic E-state index is 13.4. The van der Waals surface area contributed by atoms with E-state index in [0.29, 0.717) is 30.7 Å². The average Bonchev–Trinajstić information content (AvgIpc) is 3.59. The van der Waals surface area contributed by atoms with Crippen LogP contribution in [0.3, 0.4) is 0 Å². The minimum absolute atomic E-state index is 0.0153. The molecular formula is C25H30N4O4. The van der Waals surface area contributed by atoms with Crippen LogP contribution in [-0.4, -0.2) is 40.0 Å². The minimum Gasteiger partial charge on any atom is -0.459 e. The van der Waals surface area contributed by atoms with Crippen LogP contribution in [0.1, 0.15) is 57.4 Å². The van der Waals surface area contributed by atoms with E-state index in [-0.39, 0.29) is 30.7 Å². The Kier molecular flexibility index (Phi) is 6.91. The summed E-state index contributed by atoms with van der Waals surface area (Å²) in [5.74, 6) is 0.959. The largest absolute Gasteiger partial charge is 0.459 e. The van der Waals surface area contributed by atoms with Gasteiger partial charge in [-0.1, -0.05) is 39.0 Å². The van der Waals surface area contributed by atoms with Gasteiger partial charge in [-0.25, -0.2) is 0 Å². The summed E-state index contributed by atoms with van der Waals surface area (Å²) in [4.78, 5) is 29.8. The fraction of sp³-hybridized carbons (Fsp3) is 0.440. The van der Waals surface area contributed by atoms with Crippen molar-refractivity contribution >= 4 is 17.5 Å². The first-order valence-corrected chi connectivity index (χ1v) is 11.6. The molecule has 8 heteroatoms. The van der Waals surface area contributed by atoms with Gasteiger partial charge in [-0.3, -0.25) is 9.59 Å². The molecular weight excluding hydrogens is 420 g/mol. The van der Waals surface area contributed by atoms with Gasteiger partial charge in [-0.2, -0.15) is 0 Å². The van der Waals surface area contributed by atoms with Gasteiger partial charge in [-0.15, -0.1) is 10.2 Å². The molecule has 0 radical (unpaired) electrons. The van der Waals surface area contributed by atoms with Crippen molar-refractivity contribution in [1.29, 1.82) is 0 Å². The van der Waals surface area contributed by atoms with E-state index in [1.54, 1.807) is 21.9 Å². The van der Waals surface area contributed by atoms with Crippen molar-refractivity contribution in [1.82, 2.24) is 15.1 Å². The fourth-order valence-corrected chi connectivity index (χ4v) is 4.25. The number of amides is 2. The van der Waals surface area contributed by atoms with Crippen LogP contribution in [0.15, 0.2) is 51.5 Å². The Hall–Kier alpha value is -3.42. The number of hydrogen-bond acceptors (Lipinski definition) is 6. The van der Waals surface area contributed by atoms with E-state index < -0.39 is 5.92 Å². The summed E-state index contributed by atoms with van der Waals surface area (Å²) in [6.07, 6.45) is 3.51. The van der Waals surface area contributed by atoms with Gasteiger partial charge in [0, 0.05) is 25.2 Å². The van der Waals surface area contributed by atoms with Crippen LogP contribution in [-0.2, 0) is 16.1 Å². The predicted molar refractivity (Wildman–Crippen MR) is 123 cm³/mol. The zero-order valence-electron chi connectivity index (χ0n) is 19.4. The zero-order chi connectivity index (χ0) is 23.4. The first-order chi connectivity index (χ1) is 16.0. The molecule has 0 aliphatic carbocycles. The van der Waals surface area contributed by atoms with E-state index in [1.807, 2.05) is 25.1 Å². The number of rotatable bonds is 9. The van der Waals surface area contributed by atoms with Crippen molar-refractivity contribution in [2.45, 2.75) is 52.5 Å². The third kappa shape index (κ3) is 4.84. The lowest BCUT2D eigenvalue weighted by Crippen LogP contribution is -2.37. The van der Waals surface area contributed by atoms with Crippen molar-refractivity contribution in [2.75, 3.05) is 18.0 Å². The number of nitrogens with zero attached hydrogens (tertiary/aromatic N) is 4. The summed E-state index contributed by atoms with van der Waals surface area (Å²) >= 11 is 0. The lowest BCUT2D eigenvalue weighted by molar-refractivity contribution is -0.136. The third-order valence-corrected chi connectivity index (χ3v) is 6.18. The van der Waals surface area contributed by atoms with E-state index in [1.165, 1.54) is 6.26 Å². The molecule has 2 unspecified atom stereocenters. The summed E-state index contributed by atoms with van der Waals surface area (Å²) in [5.41, 5.74) is 2.05. The van der Waals surface area contributed by atoms with E-state index >= 15 is 0 Å². The van der Waals surface area contributed by atoms with Crippen LogP contribution in [0.2, 0.25) is 0 Å². The first-order valence-electron chi connectivity index (χ1n) is 11.6. The number of aromatic nitrogens is 2. The molecule has 4 rings (SSSR count). The van der Waals surface area contributed by atoms with Gasteiger partial charge in [0.2, 0.25) is 17.7 Å². The third-order valence-electron chi connectivity index (χ3n) is 6.18. The Balaban J connectivity index is 1.49. The minimum atomic E-state index is -0.401. The molecule has 1 aromatic carbocycles. The smallest absolute Gasteiger partial charge is 0.283 e. The second-order valence-corrected chi connectivity index (χ2v) is 8.51. The molecule has 0 saturated carbocycles. The molecule has 1 fully saturated rings. The van der Waals surface area contributed by atoms with Crippen LogP contribution >= 0.6 is 0 Å². The van der Waals surface area contributed by atoms with E-state index in [2.05, 4.69) is 30.1 Å². The Bertz CT molecular complexity index is 1090. The SMILES string of the molecule is CCCN(Cc1nnc(-c2ccco2)o1)C(=O)C1CC(=O)N(c2ccccc2C(C)CC)C1. The number of benzene rings is 1. The topological polar surface area (TPSA) is 92.7 Å². The highest BCUT2D eigenvalue weighted by atomic mass is 16.4. The molecule has 3 aromatic rings. The van der Waals surface area contributed by atoms with Gasteiger partial charge >= 0.3 is 0 Å². The normalized spacial score (nSPS) is 16.9. The summed E-state index contributed by atoms with van der Waals surface area (Å²) in [7, 11) is 0. The molecule has 3 heterocycles. The summed E-state index contributed by atoms with van der Waals surface area (Å²) in [6, 6.07) is 11.5. The van der Waals surface area contributed by atoms with Gasteiger partial charge in [0.15, 0.2) is 5.76 Å². The van der Waals surface area contributed by atoms with Crippen molar-refractivity contribution < 1.29 is 18.4 Å². The Morgan fingerprint density at radius 3 is 2.76 bits per heavy atom. The van der Waals surface area contributed by atoms with Crippen molar-refractivity contribution in [3.8, 4) is 11.7 Å². The molecule has 2 aromatic heterocycles. The Morgan fingerprint density at radius 2 is 2.03 bits per heavy atom. The molecule has 2 atom stereocenters. The maximum Gasteiger partial charge on any atom is 0.283 e. The quantitative estimate of drug-likeness (QED) is 0.472. The molecule has 33 heavy (non-hydrogen) atoms. The standard InChI is InChI=1S/C25H30N4O4/c1-4-12-28(16-22-26-27-24(33-22)21-11-8-13-32-21)25(31)18-14-23(30)29(15-18)20-10-7-6-9-19(20)17(3)5-2/h6-11,13,17-18H,4-5,12,14-16H2,1-3H3. The molecule has 174 valence electrons. The monoisotopic (exact) mass is 450 g/mol. The van der Waals surface area contributed by atoms with Gasteiger partial charge < -0.3 is 18.6 Å². The highest BCUT2D eigenvalue weighted by molar-refractivity contribution is 6.00. The van der Waals surface area contributed by atoms with Crippen LogP contribution < -0.4 is 4.90 Å². The Labute approximate surface area is 193 Å². The van der Waals surface area contributed by atoms with Gasteiger partial charge in [0.05, 0.1) is 18.7 Å². The number of hydrogen-bond donors (Lipinski definition) is 0. The first kappa shape index (κ1) is 22.8. The molecule has 2 amide bonds. The van der Waals surface area contributed by atoms with Gasteiger partial charge in [0.1, 0.15) is 0 Å². The molecule has 0 bridgehead atoms. The fourth-order valence-electron chi connectivity index (χ4n) is 4.25. The van der Waals surface area contributed by atoms with Gasteiger partial charge in [0.25, 0.3) is 5.89 Å². The average molecular weight is 451 g/mol. The lowest BCUT2D eigenvalue weighted by atomic mass is 9.96. The second kappa shape index (κ2) is 10.0. The number of carbonyl (C=O) groups excluding carboxylic acids is 2. The molecule has 0 N–H and O–H groups in total. The number of para-hydroxylation sites is 1. The van der Waals surface area contributed by atoms with Crippen LogP contribution in [0, 0.1) is 5.92 Å². The zero-order valence-corrected chi connectivity index (χ0v) is 19.4. The summed E-state index contributed by atoms with van der Waals surface area (Å²) in [6.45, 7) is 7.44. The van der Waals surface area contributed by atoms with Crippen LogP contribution in [0.5, 0.6) is 0 Å². The van der Waals surface area contributed by atoms with Crippen molar-refractivity contribution in [3.05, 3.63) is 54.1 Å². The second-order valence-electron chi connectivity index (χ2n) is 8.51. The number of anilines is 1. The van der Waals surface area contributed by atoms with E-state index in [9.17, 15) is 9.59 Å². The van der Waals surface area contributed by atoms with Crippen LogP contribution in [0.4, 0.5) is 5.69 Å². The molecule has 1 aliphatic heterocycles. The predicted octanol–water partition coefficient (Wildman–Crippen LogP) is 4.63. The van der Waals surface area contributed by atoms with Crippen LogP contribution in [0.25, 0.3) is 11.7 Å². The highest BCUT2D eigenvalue weighted by Crippen LogP contribution is 2.34. The molecule has 1 aliphatic rings. The van der Waals surface area contributed by atoms with E-state index in [0.717, 1.165) is 24.1 Å². The molecule has 0 spiro atoms. The lowest BCUT2D eigenvalue weighted by Gasteiger charge is -2.25. The number of furan rings is 1. The molecule has 1 saturated heterocycles. The van der Waals surface area contributed by atoms with Crippen molar-refractivity contribution in [2.24, 2.45) is 5.92 Å².